The second kappa shape index (κ2) is 11.4. The SMILES string of the molecule is CC(C)(C)C[N]1[Sn-][N](CC(C)(C)C)c2ccccc21.CC(C)(C)Cn1[cH+]n(CC(C)(C)C)c2ccccc21. The van der Waals surface area contributed by atoms with Crippen LogP contribution >= 0.6 is 0 Å². The van der Waals surface area contributed by atoms with E-state index in [1.165, 1.54) is 35.5 Å². The molecule has 209 valence electrons. The van der Waals surface area contributed by atoms with E-state index in [9.17, 15) is 0 Å². The van der Waals surface area contributed by atoms with Gasteiger partial charge in [0.15, 0.2) is 6.33 Å². The summed E-state index contributed by atoms with van der Waals surface area (Å²) in [6.07, 6.45) is 2.28. The van der Waals surface area contributed by atoms with Gasteiger partial charge in [0.2, 0.25) is 11.0 Å². The largest absolute Gasteiger partial charge is 0.216 e. The maximum absolute atomic E-state index is 2.68. The summed E-state index contributed by atoms with van der Waals surface area (Å²) in [6, 6.07) is 17.6. The molecular weight excluding hydrogens is 571 g/mol. The summed E-state index contributed by atoms with van der Waals surface area (Å²) in [5.41, 5.74) is 6.92. The Morgan fingerprint density at radius 3 is 1.13 bits per heavy atom. The number of nitrogens with zero attached hydrogens (tertiary/aromatic N) is 4. The van der Waals surface area contributed by atoms with E-state index in [-0.39, 0.29) is 0 Å². The molecule has 0 aliphatic carbocycles. The molecule has 5 heteroatoms. The molecule has 0 amide bonds. The summed E-state index contributed by atoms with van der Waals surface area (Å²) >= 11 is -0.688. The van der Waals surface area contributed by atoms with Crippen molar-refractivity contribution in [1.82, 2.24) is 9.13 Å². The fourth-order valence-corrected chi connectivity index (χ4v) is 10.5. The first-order valence-corrected chi connectivity index (χ1v) is 16.7. The molecule has 0 fully saturated rings. The van der Waals surface area contributed by atoms with Gasteiger partial charge >= 0.3 is 129 Å². The molecule has 0 unspecified atom stereocenters. The second-order valence-electron chi connectivity index (χ2n) is 15.9. The van der Waals surface area contributed by atoms with E-state index in [0.29, 0.717) is 21.7 Å². The van der Waals surface area contributed by atoms with Crippen molar-refractivity contribution >= 4 is 44.1 Å². The topological polar surface area (TPSA) is 16.3 Å². The van der Waals surface area contributed by atoms with Gasteiger partial charge < -0.3 is 0 Å². The molecule has 2 aromatic carbocycles. The van der Waals surface area contributed by atoms with Gasteiger partial charge in [0.1, 0.15) is 0 Å². The first-order valence-electron chi connectivity index (χ1n) is 14.2. The van der Waals surface area contributed by atoms with Crippen LogP contribution in [0.15, 0.2) is 54.9 Å². The summed E-state index contributed by atoms with van der Waals surface area (Å²) in [7, 11) is 0. The third-order valence-corrected chi connectivity index (χ3v) is 9.69. The van der Waals surface area contributed by atoms with Crippen molar-refractivity contribution < 1.29 is 0 Å². The Hall–Kier alpha value is -1.69. The fraction of sp³-hybridized carbons (Fsp3) is 0.606. The van der Waals surface area contributed by atoms with Gasteiger partial charge in [-0.05, 0) is 23.0 Å². The molecule has 0 N–H and O–H groups in total. The van der Waals surface area contributed by atoms with Crippen LogP contribution in [-0.2, 0) is 13.1 Å². The molecule has 0 saturated carbocycles. The van der Waals surface area contributed by atoms with E-state index in [0.717, 1.165) is 13.1 Å². The van der Waals surface area contributed by atoms with Crippen LogP contribution in [0.2, 0.25) is 0 Å². The maximum atomic E-state index is 2.68. The normalized spacial score (nSPS) is 14.5. The van der Waals surface area contributed by atoms with Crippen LogP contribution in [0.5, 0.6) is 0 Å². The minimum absolute atomic E-state index is 0.293. The molecule has 1 aliphatic heterocycles. The van der Waals surface area contributed by atoms with Crippen molar-refractivity contribution in [3.8, 4) is 0 Å². The zero-order chi connectivity index (χ0) is 28.5. The van der Waals surface area contributed by atoms with Crippen LogP contribution in [0.1, 0.15) is 83.1 Å². The number of imidazole rings is 1. The summed E-state index contributed by atoms with van der Waals surface area (Å²) in [4.78, 5) is 0. The second-order valence-corrected chi connectivity index (χ2v) is 19.5. The van der Waals surface area contributed by atoms with Crippen molar-refractivity contribution in [2.45, 2.75) is 96.2 Å². The summed E-state index contributed by atoms with van der Waals surface area (Å²) in [5, 5.41) is 0. The van der Waals surface area contributed by atoms with Gasteiger partial charge in [0.05, 0.1) is 13.1 Å². The fourth-order valence-electron chi connectivity index (χ4n) is 4.88. The zero-order valence-electron chi connectivity index (χ0n) is 26.3. The minimum Gasteiger partial charge on any atom is -0.216 e. The number of benzene rings is 2. The number of fused-ring (bicyclic) bond motifs is 2. The Kier molecular flexibility index (Phi) is 9.28. The van der Waals surface area contributed by atoms with Crippen molar-refractivity contribution in [2.75, 3.05) is 19.3 Å². The van der Waals surface area contributed by atoms with Crippen molar-refractivity contribution in [1.29, 1.82) is 0 Å². The van der Waals surface area contributed by atoms with Crippen LogP contribution < -0.4 is 6.24 Å². The van der Waals surface area contributed by atoms with Gasteiger partial charge in [-0.2, -0.15) is 0 Å². The third-order valence-electron chi connectivity index (χ3n) is 6.04. The maximum Gasteiger partial charge on any atom is 0.211 e. The zero-order valence-corrected chi connectivity index (χ0v) is 29.2. The predicted octanol–water partition coefficient (Wildman–Crippen LogP) is 8.76. The first kappa shape index (κ1) is 30.8. The standard InChI is InChI=1S/C17H27N2.C16H26N2.Sn/c1-16(2,3)11-18-13-19(12-17(4,5)6)15-10-8-7-9-14(15)18;1-15(2,3)11-17-13-9-7-8-10-14(13)18-12-16(4,5)6;/h7-10,13H,11-12H2,1-6H3;7-10H,11-12H2,1-6H3;/q+1;-2;+1. The Bertz CT molecular complexity index is 1110. The van der Waals surface area contributed by atoms with E-state index in [4.69, 9.17) is 0 Å². The summed E-state index contributed by atoms with van der Waals surface area (Å²) in [5.74, 6) is 0. The van der Waals surface area contributed by atoms with Crippen LogP contribution in [0.3, 0.4) is 0 Å². The van der Waals surface area contributed by atoms with Crippen LogP contribution in [-0.4, -0.2) is 43.9 Å². The predicted molar refractivity (Wildman–Crippen MR) is 169 cm³/mol. The molecule has 0 atom stereocenters. The van der Waals surface area contributed by atoms with E-state index in [1.807, 2.05) is 0 Å². The molecular formula is C33H53N4Sn. The Balaban J connectivity index is 0.000000211. The average molecular weight is 625 g/mol. The number of para-hydroxylation sites is 4. The van der Waals surface area contributed by atoms with E-state index >= 15 is 0 Å². The van der Waals surface area contributed by atoms with Gasteiger partial charge in [-0.3, -0.25) is 0 Å². The number of aromatic nitrogens is 2. The molecule has 0 bridgehead atoms. The summed E-state index contributed by atoms with van der Waals surface area (Å²) in [6.45, 7) is 32.2. The minimum atomic E-state index is -0.688. The molecule has 1 aliphatic rings. The molecule has 4 rings (SSSR count). The van der Waals surface area contributed by atoms with Crippen molar-refractivity contribution in [3.63, 3.8) is 0 Å². The molecule has 4 nitrogen and oxygen atoms in total. The van der Waals surface area contributed by atoms with E-state index in [2.05, 4.69) is 153 Å². The number of rotatable bonds is 4. The molecule has 0 spiro atoms. The molecule has 38 heavy (non-hydrogen) atoms. The average Bonchev–Trinajstić information content (AvgIpc) is 3.22. The van der Waals surface area contributed by atoms with Gasteiger partial charge in [-0.1, -0.05) is 41.5 Å². The quantitative estimate of drug-likeness (QED) is 0.213. The van der Waals surface area contributed by atoms with Gasteiger partial charge in [0, 0.05) is 12.1 Å². The summed E-state index contributed by atoms with van der Waals surface area (Å²) < 4.78 is 10.1. The monoisotopic (exact) mass is 625 g/mol. The van der Waals surface area contributed by atoms with E-state index in [1.54, 1.807) is 0 Å². The Morgan fingerprint density at radius 2 is 0.816 bits per heavy atom. The van der Waals surface area contributed by atoms with Gasteiger partial charge in [-0.25, -0.2) is 9.13 Å². The molecule has 1 aromatic heterocycles. The van der Waals surface area contributed by atoms with Gasteiger partial charge in [0.25, 0.3) is 0 Å². The number of hydrogen-bond acceptors (Lipinski definition) is 2. The van der Waals surface area contributed by atoms with Crippen LogP contribution in [0.4, 0.5) is 11.4 Å². The molecule has 2 heterocycles. The Morgan fingerprint density at radius 1 is 0.500 bits per heavy atom. The Labute approximate surface area is 244 Å². The first-order chi connectivity index (χ1) is 17.3. The number of hydrogen-bond donors (Lipinski definition) is 0. The van der Waals surface area contributed by atoms with Crippen LogP contribution in [0.25, 0.3) is 11.0 Å². The third kappa shape index (κ3) is 9.20. The van der Waals surface area contributed by atoms with E-state index < -0.39 is 21.7 Å². The van der Waals surface area contributed by atoms with Gasteiger partial charge in [-0.15, -0.1) is 0 Å². The molecule has 3 aromatic rings. The molecule has 1 radical (unpaired) electrons. The van der Waals surface area contributed by atoms with Crippen LogP contribution in [0, 0.1) is 21.7 Å². The molecule has 0 saturated heterocycles. The number of anilines is 2. The van der Waals surface area contributed by atoms with Crippen molar-refractivity contribution in [2.24, 2.45) is 21.7 Å². The smallest absolute Gasteiger partial charge is 0.211 e. The van der Waals surface area contributed by atoms with Crippen molar-refractivity contribution in [3.05, 3.63) is 54.9 Å².